The number of esters is 1. The number of rotatable bonds is 6. The Morgan fingerprint density at radius 1 is 1.25 bits per heavy atom. The third-order valence-corrected chi connectivity index (χ3v) is 2.86. The lowest BCUT2D eigenvalue weighted by atomic mass is 10.2. The number of ether oxygens (including phenoxy) is 1. The number of phenolic OH excluding ortho intramolecular Hbond substituents is 1. The summed E-state index contributed by atoms with van der Waals surface area (Å²) in [5.74, 6) is -0.637. The fourth-order valence-corrected chi connectivity index (χ4v) is 1.38. The second-order valence-corrected chi connectivity index (χ2v) is 5.35. The Hall–Kier alpha value is -3.14. The van der Waals surface area contributed by atoms with Crippen molar-refractivity contribution >= 4 is 11.9 Å². The number of benzene rings is 1. The molecule has 1 heterocycles. The van der Waals surface area contributed by atoms with Crippen molar-refractivity contribution in [2.24, 2.45) is 5.73 Å². The fraction of sp³-hybridized carbons (Fsp3) is 0.263. The molecule has 9 heteroatoms. The second-order valence-electron chi connectivity index (χ2n) is 5.35. The van der Waals surface area contributed by atoms with Crippen LogP contribution >= 0.6 is 0 Å². The van der Waals surface area contributed by atoms with Gasteiger partial charge in [-0.15, -0.1) is 0 Å². The number of furan rings is 1. The van der Waals surface area contributed by atoms with E-state index < -0.39 is 24.6 Å². The maximum absolute atomic E-state index is 10.6. The molecule has 0 bridgehead atoms. The number of carboxylic acid groups (broad SMARTS) is 1. The molecule has 0 saturated heterocycles. The number of aromatic hydroxyl groups is 1. The number of phenols is 1. The van der Waals surface area contributed by atoms with Crippen LogP contribution in [0.5, 0.6) is 5.75 Å². The van der Waals surface area contributed by atoms with Crippen LogP contribution in [0.1, 0.15) is 23.0 Å². The number of nitrogens with two attached hydrogens (primary N) is 1. The van der Waals surface area contributed by atoms with E-state index >= 15 is 0 Å². The van der Waals surface area contributed by atoms with Crippen LogP contribution in [-0.4, -0.2) is 51.7 Å². The van der Waals surface area contributed by atoms with E-state index in [1.54, 1.807) is 6.26 Å². The molecule has 0 fully saturated rings. The Labute approximate surface area is 162 Å². The predicted octanol–water partition coefficient (Wildman–Crippen LogP) is 1.29. The van der Waals surface area contributed by atoms with Gasteiger partial charge >= 0.3 is 11.9 Å². The average molecular weight is 395 g/mol. The zero-order valence-corrected chi connectivity index (χ0v) is 15.4. The first kappa shape index (κ1) is 24.9. The molecule has 0 spiro atoms. The third-order valence-electron chi connectivity index (χ3n) is 2.86. The number of hydrogen-bond donors (Lipinski definition) is 5. The van der Waals surface area contributed by atoms with Crippen LogP contribution in [0, 0.1) is 0 Å². The van der Waals surface area contributed by atoms with E-state index in [0.717, 1.165) is 5.76 Å². The highest BCUT2D eigenvalue weighted by Crippen LogP contribution is 2.08. The maximum Gasteiger partial charge on any atom is 0.335 e. The molecule has 0 aliphatic rings. The van der Waals surface area contributed by atoms with E-state index in [1.165, 1.54) is 31.2 Å². The van der Waals surface area contributed by atoms with Crippen LogP contribution in [0.4, 0.5) is 0 Å². The summed E-state index contributed by atoms with van der Waals surface area (Å²) >= 11 is 0. The first-order chi connectivity index (χ1) is 13.2. The van der Waals surface area contributed by atoms with Gasteiger partial charge in [0.05, 0.1) is 25.0 Å². The van der Waals surface area contributed by atoms with Crippen LogP contribution in [0.3, 0.4) is 0 Å². The molecule has 1 aromatic heterocycles. The fourth-order valence-electron chi connectivity index (χ4n) is 1.38. The summed E-state index contributed by atoms with van der Waals surface area (Å²) in [4.78, 5) is 20.9. The van der Waals surface area contributed by atoms with Gasteiger partial charge < -0.3 is 35.3 Å². The molecule has 2 aromatic rings. The zero-order valence-electron chi connectivity index (χ0n) is 15.4. The summed E-state index contributed by atoms with van der Waals surface area (Å²) in [5, 5.41) is 34.2. The molecular formula is C19H25NO8. The SMILES string of the molecule is C=C(C)C(=O)OCC(O)CO.NCc1ccco1.O=C(O)c1ccc(O)cc1. The lowest BCUT2D eigenvalue weighted by Gasteiger charge is -2.07. The van der Waals surface area contributed by atoms with Gasteiger partial charge in [0.2, 0.25) is 0 Å². The Morgan fingerprint density at radius 2 is 1.86 bits per heavy atom. The summed E-state index contributed by atoms with van der Waals surface area (Å²) in [6.45, 7) is 4.74. The van der Waals surface area contributed by atoms with Crippen molar-refractivity contribution in [1.82, 2.24) is 0 Å². The van der Waals surface area contributed by atoms with Gasteiger partial charge in [-0.3, -0.25) is 0 Å². The quantitative estimate of drug-likeness (QED) is 0.358. The topological polar surface area (TPSA) is 163 Å². The lowest BCUT2D eigenvalue weighted by molar-refractivity contribution is -0.142. The molecule has 1 atom stereocenters. The monoisotopic (exact) mass is 395 g/mol. The van der Waals surface area contributed by atoms with Gasteiger partial charge in [0.15, 0.2) is 0 Å². The molecule has 0 amide bonds. The Kier molecular flexibility index (Phi) is 12.4. The molecule has 1 unspecified atom stereocenters. The van der Waals surface area contributed by atoms with E-state index in [0.29, 0.717) is 6.54 Å². The van der Waals surface area contributed by atoms with Crippen LogP contribution < -0.4 is 5.73 Å². The van der Waals surface area contributed by atoms with Gasteiger partial charge in [-0.05, 0) is 43.3 Å². The van der Waals surface area contributed by atoms with Gasteiger partial charge in [0.1, 0.15) is 24.2 Å². The van der Waals surface area contributed by atoms with Gasteiger partial charge in [0, 0.05) is 5.57 Å². The molecule has 9 nitrogen and oxygen atoms in total. The molecule has 0 aliphatic heterocycles. The van der Waals surface area contributed by atoms with Crippen molar-refractivity contribution in [3.05, 3.63) is 66.1 Å². The van der Waals surface area contributed by atoms with E-state index in [-0.39, 0.29) is 23.5 Å². The van der Waals surface area contributed by atoms with Gasteiger partial charge in [-0.25, -0.2) is 9.59 Å². The molecule has 0 radical (unpaired) electrons. The Morgan fingerprint density at radius 3 is 2.21 bits per heavy atom. The smallest absolute Gasteiger partial charge is 0.335 e. The Bertz CT molecular complexity index is 710. The molecule has 1 aromatic carbocycles. The van der Waals surface area contributed by atoms with Gasteiger partial charge in [-0.1, -0.05) is 6.58 Å². The Balaban J connectivity index is 0.000000399. The largest absolute Gasteiger partial charge is 0.508 e. The number of aromatic carboxylic acids is 1. The van der Waals surface area contributed by atoms with Gasteiger partial charge in [-0.2, -0.15) is 0 Å². The summed E-state index contributed by atoms with van der Waals surface area (Å²) in [7, 11) is 0. The van der Waals surface area contributed by atoms with E-state index in [1.807, 2.05) is 12.1 Å². The minimum absolute atomic E-state index is 0.0741. The van der Waals surface area contributed by atoms with Crippen molar-refractivity contribution in [3.63, 3.8) is 0 Å². The van der Waals surface area contributed by atoms with E-state index in [9.17, 15) is 9.59 Å². The summed E-state index contributed by atoms with van der Waals surface area (Å²) in [6.07, 6.45) is 0.612. The van der Waals surface area contributed by atoms with Crippen LogP contribution in [-0.2, 0) is 16.1 Å². The number of aliphatic hydroxyl groups excluding tert-OH is 2. The van der Waals surface area contributed by atoms with Crippen LogP contribution in [0.25, 0.3) is 0 Å². The number of aliphatic hydroxyl groups is 2. The molecule has 28 heavy (non-hydrogen) atoms. The number of hydrogen-bond acceptors (Lipinski definition) is 8. The zero-order chi connectivity index (χ0) is 21.5. The first-order valence-electron chi connectivity index (χ1n) is 8.07. The lowest BCUT2D eigenvalue weighted by Crippen LogP contribution is -2.22. The van der Waals surface area contributed by atoms with Crippen molar-refractivity contribution in [1.29, 1.82) is 0 Å². The van der Waals surface area contributed by atoms with Crippen LogP contribution in [0.2, 0.25) is 0 Å². The van der Waals surface area contributed by atoms with Crippen molar-refractivity contribution in [2.45, 2.75) is 19.6 Å². The summed E-state index contributed by atoms with van der Waals surface area (Å²) < 4.78 is 9.37. The normalized spacial score (nSPS) is 10.4. The predicted molar refractivity (Wildman–Crippen MR) is 101 cm³/mol. The van der Waals surface area contributed by atoms with Crippen molar-refractivity contribution in [2.75, 3.05) is 13.2 Å². The second kappa shape index (κ2) is 14.0. The highest BCUT2D eigenvalue weighted by molar-refractivity contribution is 5.87. The number of carbonyl (C=O) groups is 2. The highest BCUT2D eigenvalue weighted by Gasteiger charge is 2.07. The summed E-state index contributed by atoms with van der Waals surface area (Å²) in [5.41, 5.74) is 5.65. The molecule has 2 rings (SSSR count). The van der Waals surface area contributed by atoms with E-state index in [4.69, 9.17) is 30.6 Å². The highest BCUT2D eigenvalue weighted by atomic mass is 16.5. The average Bonchev–Trinajstić information content (AvgIpc) is 3.21. The molecule has 6 N–H and O–H groups in total. The molecule has 154 valence electrons. The van der Waals surface area contributed by atoms with Crippen molar-refractivity contribution < 1.29 is 39.2 Å². The third kappa shape index (κ3) is 11.5. The minimum atomic E-state index is -1.00. The van der Waals surface area contributed by atoms with Gasteiger partial charge in [0.25, 0.3) is 0 Å². The standard InChI is InChI=1S/C7H12O4.C7H6O3.C5H7NO/c1-5(2)7(10)11-4-6(9)3-8;8-6-3-1-5(2-4-6)7(9)10;6-4-5-2-1-3-7-5/h6,8-9H,1,3-4H2,2H3;1-4,8H,(H,9,10);1-3H,4,6H2. The minimum Gasteiger partial charge on any atom is -0.508 e. The number of carboxylic acids is 1. The van der Waals surface area contributed by atoms with E-state index in [2.05, 4.69) is 11.3 Å². The molecular weight excluding hydrogens is 370 g/mol. The molecule has 0 saturated carbocycles. The maximum atomic E-state index is 10.6. The summed E-state index contributed by atoms with van der Waals surface area (Å²) in [6, 6.07) is 9.03. The van der Waals surface area contributed by atoms with Crippen LogP contribution in [0.15, 0.2) is 59.2 Å². The number of carbonyl (C=O) groups excluding carboxylic acids is 1. The first-order valence-corrected chi connectivity index (χ1v) is 8.07. The molecule has 0 aliphatic carbocycles. The van der Waals surface area contributed by atoms with Crippen molar-refractivity contribution in [3.8, 4) is 5.75 Å².